The number of rotatable bonds is 30. The van der Waals surface area contributed by atoms with E-state index in [0.717, 1.165) is 12.1 Å². The molecule has 0 bridgehead atoms. The summed E-state index contributed by atoms with van der Waals surface area (Å²) in [5.41, 5.74) is 3.06. The molecular weight excluding hydrogens is 1230 g/mol. The van der Waals surface area contributed by atoms with Crippen molar-refractivity contribution in [1.82, 2.24) is 5.32 Å². The average molecular weight is 1300 g/mol. The number of carboxylic acid groups (broad SMARTS) is 3. The highest BCUT2D eigenvalue weighted by molar-refractivity contribution is 7.86. The van der Waals surface area contributed by atoms with Crippen molar-refractivity contribution < 1.29 is 105 Å². The van der Waals surface area contributed by atoms with Crippen LogP contribution in [0, 0.1) is 5.92 Å². The van der Waals surface area contributed by atoms with E-state index in [4.69, 9.17) is 9.84 Å². The number of nitrogens with zero attached hydrogens (tertiary/aromatic N) is 2. The second kappa shape index (κ2) is 27.3. The molecule has 3 aromatic rings. The number of anilines is 1. The molecule has 0 saturated carbocycles. The second-order valence-corrected chi connectivity index (χ2v) is 30.7. The molecule has 470 valence electrons. The van der Waals surface area contributed by atoms with Gasteiger partial charge in [0.15, 0.2) is 5.71 Å². The number of nitrogens with one attached hydrogen (secondary N) is 1. The van der Waals surface area contributed by atoms with Crippen LogP contribution in [0.1, 0.15) is 116 Å². The fourth-order valence-electron chi connectivity index (χ4n) is 10.8. The zero-order valence-corrected chi connectivity index (χ0v) is 51.7. The van der Waals surface area contributed by atoms with E-state index in [-0.39, 0.29) is 52.7 Å². The summed E-state index contributed by atoms with van der Waals surface area (Å²) >= 11 is 0. The van der Waals surface area contributed by atoms with E-state index in [1.165, 1.54) is 36.4 Å². The molecule has 9 N–H and O–H groups in total. The minimum atomic E-state index is -4.66. The van der Waals surface area contributed by atoms with Gasteiger partial charge in [-0.3, -0.25) is 37.2 Å². The van der Waals surface area contributed by atoms with E-state index in [1.54, 1.807) is 12.1 Å². The predicted octanol–water partition coefficient (Wildman–Crippen LogP) is 7.51. The Bertz CT molecular complexity index is 3830. The van der Waals surface area contributed by atoms with Crippen LogP contribution in [-0.4, -0.2) is 143 Å². The van der Waals surface area contributed by atoms with Gasteiger partial charge >= 0.3 is 17.9 Å². The molecule has 0 fully saturated rings. The van der Waals surface area contributed by atoms with Crippen molar-refractivity contribution in [3.05, 3.63) is 119 Å². The first kappa shape index (κ1) is 68.7. The number of carbonyl (C=O) groups excluding carboxylic acids is 1. The van der Waals surface area contributed by atoms with Gasteiger partial charge in [0.25, 0.3) is 40.5 Å². The normalized spacial score (nSPS) is 18.5. The average Bonchev–Trinajstić information content (AvgIpc) is 1.62. The van der Waals surface area contributed by atoms with E-state index in [9.17, 15) is 90.7 Å². The number of unbranched alkanes of at least 4 members (excludes halogenated alkanes) is 3. The highest BCUT2D eigenvalue weighted by Crippen LogP contribution is 2.50. The first-order chi connectivity index (χ1) is 39.8. The maximum Gasteiger partial charge on any atom is 0.326 e. The summed E-state index contributed by atoms with van der Waals surface area (Å²) in [4.78, 5) is 59.1. The van der Waals surface area contributed by atoms with Gasteiger partial charge in [0.1, 0.15) is 24.1 Å². The number of amides is 1. The number of hydrogen-bond acceptors (Lipinski definition) is 15. The van der Waals surface area contributed by atoms with Crippen LogP contribution >= 0.6 is 7.37 Å². The molecule has 3 atom stereocenters. The summed E-state index contributed by atoms with van der Waals surface area (Å²) in [6.45, 7) is 7.95. The van der Waals surface area contributed by atoms with Gasteiger partial charge in [-0.25, -0.2) is 4.79 Å². The molecule has 2 heterocycles. The van der Waals surface area contributed by atoms with E-state index in [2.05, 4.69) is 5.32 Å². The Morgan fingerprint density at radius 1 is 0.709 bits per heavy atom. The van der Waals surface area contributed by atoms with E-state index in [0.29, 0.717) is 89.5 Å². The molecule has 1 amide bonds. The fraction of sp³-hybridized carbons (Fsp3) is 0.446. The first-order valence-corrected chi connectivity index (χ1v) is 35.2. The summed E-state index contributed by atoms with van der Waals surface area (Å²) in [6, 6.07) is 11.8. The summed E-state index contributed by atoms with van der Waals surface area (Å²) in [6.07, 6.45) is 7.17. The minimum absolute atomic E-state index is 0.0934. The Labute approximate surface area is 499 Å². The first-order valence-electron chi connectivity index (χ1n) is 27.3. The molecule has 1 aliphatic carbocycles. The maximum absolute atomic E-state index is 13.1. The third-order valence-electron chi connectivity index (χ3n) is 15.3. The number of ether oxygens (including phenoxy) is 1. The Kier molecular flexibility index (Phi) is 21.8. The lowest BCUT2D eigenvalue weighted by atomic mass is 9.81. The van der Waals surface area contributed by atoms with Gasteiger partial charge < -0.3 is 35.2 Å². The molecular formula is C56H71N3O22PS4+. The summed E-state index contributed by atoms with van der Waals surface area (Å²) in [5.74, 6) is -6.37. The van der Waals surface area contributed by atoms with Crippen molar-refractivity contribution in [2.75, 3.05) is 36.1 Å². The number of benzene rings is 3. The van der Waals surface area contributed by atoms with Crippen LogP contribution in [0.15, 0.2) is 122 Å². The lowest BCUT2D eigenvalue weighted by Gasteiger charge is -2.27. The number of aliphatic carboxylic acids is 3. The highest BCUT2D eigenvalue weighted by Gasteiger charge is 2.45. The second-order valence-electron chi connectivity index (χ2n) is 22.4. The van der Waals surface area contributed by atoms with Crippen molar-refractivity contribution in [2.45, 2.75) is 136 Å². The molecule has 6 rings (SSSR count). The van der Waals surface area contributed by atoms with Gasteiger partial charge in [0, 0.05) is 72.6 Å². The van der Waals surface area contributed by atoms with Crippen molar-refractivity contribution >= 4 is 88.7 Å². The largest absolute Gasteiger partial charge is 0.481 e. The number of hydrogen-bond donors (Lipinski definition) is 9. The van der Waals surface area contributed by atoms with Crippen molar-refractivity contribution in [3.63, 3.8) is 0 Å². The molecule has 2 unspecified atom stereocenters. The Morgan fingerprint density at radius 2 is 1.33 bits per heavy atom. The Morgan fingerprint density at radius 3 is 1.92 bits per heavy atom. The lowest BCUT2D eigenvalue weighted by Crippen LogP contribution is -2.41. The zero-order chi connectivity index (χ0) is 64.0. The van der Waals surface area contributed by atoms with Gasteiger partial charge in [0.2, 0.25) is 19.0 Å². The summed E-state index contributed by atoms with van der Waals surface area (Å²) < 4.78 is 158. The fourth-order valence-corrected chi connectivity index (χ4v) is 14.7. The van der Waals surface area contributed by atoms with E-state index < -0.39 is 132 Å². The lowest BCUT2D eigenvalue weighted by molar-refractivity contribution is -0.438. The smallest absolute Gasteiger partial charge is 0.326 e. The highest BCUT2D eigenvalue weighted by atomic mass is 32.2. The third-order valence-corrected chi connectivity index (χ3v) is 20.6. The molecule has 30 heteroatoms. The summed E-state index contributed by atoms with van der Waals surface area (Å²) in [7, 11) is -22.4. The van der Waals surface area contributed by atoms with Gasteiger partial charge in [-0.05, 0) is 155 Å². The third kappa shape index (κ3) is 17.9. The van der Waals surface area contributed by atoms with E-state index in [1.807, 2.05) is 61.5 Å². The van der Waals surface area contributed by atoms with E-state index >= 15 is 0 Å². The Balaban J connectivity index is 1.33. The van der Waals surface area contributed by atoms with Crippen LogP contribution in [-0.2, 0) is 75.0 Å². The van der Waals surface area contributed by atoms with Crippen molar-refractivity contribution in [2.24, 2.45) is 5.92 Å². The molecule has 86 heavy (non-hydrogen) atoms. The molecule has 0 aromatic heterocycles. The number of fused-ring (bicyclic) bond motifs is 2. The quantitative estimate of drug-likeness (QED) is 0.0135. The number of allylic oxidation sites excluding steroid dienone is 7. The minimum Gasteiger partial charge on any atom is -0.481 e. The van der Waals surface area contributed by atoms with Crippen molar-refractivity contribution in [3.8, 4) is 5.75 Å². The summed E-state index contributed by atoms with van der Waals surface area (Å²) in [5, 5.41) is 30.6. The van der Waals surface area contributed by atoms with Crippen LogP contribution < -0.4 is 15.0 Å². The molecule has 2 aliphatic heterocycles. The predicted molar refractivity (Wildman–Crippen MR) is 315 cm³/mol. The Hall–Kier alpha value is -6.40. The molecule has 25 nitrogen and oxygen atoms in total. The molecule has 3 aliphatic rings. The van der Waals surface area contributed by atoms with Crippen LogP contribution in [0.3, 0.4) is 0 Å². The van der Waals surface area contributed by atoms with Gasteiger partial charge in [0.05, 0.1) is 31.8 Å². The van der Waals surface area contributed by atoms with Crippen molar-refractivity contribution in [1.29, 1.82) is 0 Å². The van der Waals surface area contributed by atoms with Gasteiger partial charge in [-0.2, -0.15) is 38.2 Å². The van der Waals surface area contributed by atoms with Crippen LogP contribution in [0.2, 0.25) is 0 Å². The molecule has 0 radical (unpaired) electrons. The standard InChI is InChI=1S/C56H70N3O22PS4/c1-55(2)43-33-41(85(75,76)77)21-23-46(43)58(29-7-5-6-13-50(60)57-45(54(65)66)28-31-82(67,68)35-38(53(63)64)16-27-51(61)62)48(55)25-14-36-11-10-12-37(52(36)81-39-17-19-40(20-18-39)84(72,73)74)15-26-49-56(3,4)44-34-42(86(78,79)80)22-24-47(44)59(49)30-8-9-32-83(69,70)71/h14-15,17-26,33-34,38,45H,5-13,16,27-32,35H2,1-4H3,(H8-,57,60,61,62,63,64,65,66,67,68,69,70,71,72,73,74,75,76,77,78,79,80)/p+1/t38?,45-/m0/s1. The number of carboxylic acids is 3. The SMILES string of the molecule is CC1(C)C(/C=C/C2=C(Oc3ccc(S(=O)(=O)O)cc3)C(=C/C=C3/N(CCCCS(=O)(=O)O)c4ccc(S(=O)(=O)O)cc4C3(C)C)/CCC2)=[N+](CCCCCC(=O)N[C@@H](CCP(=O)(O)CC(CCC(=O)O)C(=O)O)C(=O)O)c2ccc(S(=O)(=O)O)cc21. The van der Waals surface area contributed by atoms with Crippen LogP contribution in [0.4, 0.5) is 11.4 Å². The zero-order valence-electron chi connectivity index (χ0n) is 47.5. The van der Waals surface area contributed by atoms with Gasteiger partial charge in [-0.15, -0.1) is 0 Å². The van der Waals surface area contributed by atoms with Crippen LogP contribution in [0.5, 0.6) is 5.75 Å². The molecule has 0 spiro atoms. The molecule has 0 saturated heterocycles. The monoisotopic (exact) mass is 1300 g/mol. The number of carbonyl (C=O) groups is 4. The van der Waals surface area contributed by atoms with Crippen LogP contribution in [0.25, 0.3) is 0 Å². The molecule has 3 aromatic carbocycles. The maximum atomic E-state index is 13.1. The van der Waals surface area contributed by atoms with Gasteiger partial charge in [-0.1, -0.05) is 19.9 Å². The topological polar surface area (TPSA) is 411 Å².